The number of hydrogen-bond donors (Lipinski definition) is 2. The summed E-state index contributed by atoms with van der Waals surface area (Å²) in [5, 5.41) is 12.8. The van der Waals surface area contributed by atoms with Crippen LogP contribution in [0.1, 0.15) is 34.3 Å². The molecule has 2 aromatic carbocycles. The second-order valence-corrected chi connectivity index (χ2v) is 7.18. The van der Waals surface area contributed by atoms with Gasteiger partial charge in [0.15, 0.2) is 0 Å². The highest BCUT2D eigenvalue weighted by molar-refractivity contribution is 6.31. The number of anilines is 1. The summed E-state index contributed by atoms with van der Waals surface area (Å²) in [5.74, 6) is -1.76. The molecule has 1 aliphatic rings. The van der Waals surface area contributed by atoms with Gasteiger partial charge in [0, 0.05) is 10.7 Å². The van der Waals surface area contributed by atoms with Crippen LogP contribution in [0.4, 0.5) is 10.1 Å². The summed E-state index contributed by atoms with van der Waals surface area (Å²) in [7, 11) is 0. The minimum absolute atomic E-state index is 0.0839. The Kier molecular flexibility index (Phi) is 6.00. The number of benzene rings is 2. The molecule has 0 aliphatic heterocycles. The largest absolute Gasteiger partial charge is 0.478 e. The average Bonchev–Trinajstić information content (AvgIpc) is 2.66. The zero-order valence-corrected chi connectivity index (χ0v) is 16.3. The molecule has 0 amide bonds. The van der Waals surface area contributed by atoms with Crippen LogP contribution in [0.15, 0.2) is 72.0 Å². The molecule has 0 fully saturated rings. The van der Waals surface area contributed by atoms with E-state index in [1.165, 1.54) is 12.1 Å². The molecular formula is C23H21ClFNO2. The lowest BCUT2D eigenvalue weighted by Crippen LogP contribution is -2.10. The van der Waals surface area contributed by atoms with Crippen molar-refractivity contribution in [2.75, 3.05) is 5.32 Å². The normalized spacial score (nSPS) is 13.5. The summed E-state index contributed by atoms with van der Waals surface area (Å²) in [5.41, 5.74) is 4.95. The van der Waals surface area contributed by atoms with Crippen molar-refractivity contribution >= 4 is 23.3 Å². The molecule has 0 heterocycles. The summed E-state index contributed by atoms with van der Waals surface area (Å²) >= 11 is 6.35. The first-order valence-corrected chi connectivity index (χ1v) is 9.36. The third-order valence-corrected chi connectivity index (χ3v) is 5.15. The van der Waals surface area contributed by atoms with Gasteiger partial charge in [-0.3, -0.25) is 0 Å². The van der Waals surface area contributed by atoms with Crippen LogP contribution in [0, 0.1) is 12.7 Å². The van der Waals surface area contributed by atoms with Gasteiger partial charge < -0.3 is 10.4 Å². The fourth-order valence-corrected chi connectivity index (χ4v) is 3.52. The number of halogens is 2. The molecule has 0 atom stereocenters. The third-order valence-electron chi connectivity index (χ3n) is 4.80. The Balaban J connectivity index is 1.89. The van der Waals surface area contributed by atoms with Crippen LogP contribution in [0.3, 0.4) is 0 Å². The van der Waals surface area contributed by atoms with E-state index in [1.54, 1.807) is 0 Å². The molecule has 5 heteroatoms. The molecule has 0 saturated heterocycles. The molecule has 1 aliphatic carbocycles. The van der Waals surface area contributed by atoms with Crippen LogP contribution in [-0.2, 0) is 6.42 Å². The zero-order valence-electron chi connectivity index (χ0n) is 15.6. The van der Waals surface area contributed by atoms with Crippen molar-refractivity contribution in [3.63, 3.8) is 0 Å². The van der Waals surface area contributed by atoms with Gasteiger partial charge in [0.25, 0.3) is 0 Å². The maximum absolute atomic E-state index is 14.3. The summed E-state index contributed by atoms with van der Waals surface area (Å²) in [6.07, 6.45) is 6.20. The predicted molar refractivity (Wildman–Crippen MR) is 111 cm³/mol. The first kappa shape index (κ1) is 19.9. The van der Waals surface area contributed by atoms with E-state index in [2.05, 4.69) is 18.0 Å². The minimum atomic E-state index is -1.16. The molecule has 0 radical (unpaired) electrons. The Morgan fingerprint density at radius 2 is 2.11 bits per heavy atom. The molecule has 28 heavy (non-hydrogen) atoms. The van der Waals surface area contributed by atoms with Gasteiger partial charge in [-0.2, -0.15) is 0 Å². The highest BCUT2D eigenvalue weighted by atomic mass is 35.5. The van der Waals surface area contributed by atoms with E-state index in [0.717, 1.165) is 40.5 Å². The molecule has 0 aromatic heterocycles. The lowest BCUT2D eigenvalue weighted by Gasteiger charge is -2.21. The second kappa shape index (κ2) is 8.44. The molecule has 2 N–H and O–H groups in total. The number of allylic oxidation sites excluding steroid dienone is 5. The number of carboxylic acid groups (broad SMARTS) is 1. The van der Waals surface area contributed by atoms with Gasteiger partial charge in [0.05, 0.1) is 11.3 Å². The Morgan fingerprint density at radius 1 is 1.32 bits per heavy atom. The topological polar surface area (TPSA) is 49.3 Å². The highest BCUT2D eigenvalue weighted by Gasteiger charge is 2.16. The molecular weight excluding hydrogens is 377 g/mol. The zero-order chi connectivity index (χ0) is 20.3. The van der Waals surface area contributed by atoms with Crippen LogP contribution in [0.25, 0.3) is 0 Å². The molecule has 0 saturated carbocycles. The standard InChI is InChI=1S/C23H21ClFNO2/c1-14-6-5-8-19(24)18(14)12-15(2)17-7-3-4-9-21(17)26-22-11-10-16(23(27)28)13-20(22)25/h3,5-8,10-11,13,26H,2,4,9,12H2,1H3,(H,27,28). The van der Waals surface area contributed by atoms with Gasteiger partial charge in [-0.15, -0.1) is 0 Å². The van der Waals surface area contributed by atoms with E-state index in [0.29, 0.717) is 17.9 Å². The van der Waals surface area contributed by atoms with Crippen molar-refractivity contribution < 1.29 is 14.3 Å². The maximum atomic E-state index is 14.3. The quantitative estimate of drug-likeness (QED) is 0.601. The first-order chi connectivity index (χ1) is 13.4. The van der Waals surface area contributed by atoms with Crippen LogP contribution in [0.5, 0.6) is 0 Å². The van der Waals surface area contributed by atoms with E-state index in [9.17, 15) is 9.18 Å². The third kappa shape index (κ3) is 4.34. The lowest BCUT2D eigenvalue weighted by atomic mass is 9.91. The molecule has 3 nitrogen and oxygen atoms in total. The van der Waals surface area contributed by atoms with Crippen molar-refractivity contribution in [2.45, 2.75) is 26.2 Å². The monoisotopic (exact) mass is 397 g/mol. The van der Waals surface area contributed by atoms with Crippen molar-refractivity contribution in [2.24, 2.45) is 0 Å². The van der Waals surface area contributed by atoms with Gasteiger partial charge in [0.2, 0.25) is 0 Å². The van der Waals surface area contributed by atoms with Crippen LogP contribution >= 0.6 is 11.6 Å². The summed E-state index contributed by atoms with van der Waals surface area (Å²) in [6.45, 7) is 6.24. The number of carbonyl (C=O) groups is 1. The van der Waals surface area contributed by atoms with Gasteiger partial charge in [-0.25, -0.2) is 9.18 Å². The minimum Gasteiger partial charge on any atom is -0.478 e. The van der Waals surface area contributed by atoms with Gasteiger partial charge in [-0.05, 0) is 72.7 Å². The van der Waals surface area contributed by atoms with E-state index in [4.69, 9.17) is 16.7 Å². The Hall–Kier alpha value is -2.85. The summed E-state index contributed by atoms with van der Waals surface area (Å²) in [4.78, 5) is 11.0. The van der Waals surface area contributed by atoms with Crippen LogP contribution < -0.4 is 5.32 Å². The lowest BCUT2D eigenvalue weighted by molar-refractivity contribution is 0.0696. The van der Waals surface area contributed by atoms with Gasteiger partial charge >= 0.3 is 5.97 Å². The van der Waals surface area contributed by atoms with Crippen molar-refractivity contribution in [3.8, 4) is 0 Å². The highest BCUT2D eigenvalue weighted by Crippen LogP contribution is 2.31. The predicted octanol–water partition coefficient (Wildman–Crippen LogP) is 6.30. The molecule has 0 spiro atoms. The number of aromatic carboxylic acids is 1. The average molecular weight is 398 g/mol. The fraction of sp³-hybridized carbons (Fsp3) is 0.174. The fourth-order valence-electron chi connectivity index (χ4n) is 3.24. The van der Waals surface area contributed by atoms with Crippen molar-refractivity contribution in [1.82, 2.24) is 0 Å². The number of carboxylic acids is 1. The maximum Gasteiger partial charge on any atom is 0.335 e. The van der Waals surface area contributed by atoms with Crippen LogP contribution in [0.2, 0.25) is 5.02 Å². The Morgan fingerprint density at radius 3 is 2.79 bits per heavy atom. The Bertz CT molecular complexity index is 987. The summed E-state index contributed by atoms with van der Waals surface area (Å²) in [6, 6.07) is 9.64. The smallest absolute Gasteiger partial charge is 0.335 e. The van der Waals surface area contributed by atoms with E-state index < -0.39 is 11.8 Å². The number of rotatable bonds is 6. The van der Waals surface area contributed by atoms with Crippen molar-refractivity contribution in [1.29, 1.82) is 0 Å². The molecule has 144 valence electrons. The van der Waals surface area contributed by atoms with Gasteiger partial charge in [-0.1, -0.05) is 42.5 Å². The van der Waals surface area contributed by atoms with Crippen molar-refractivity contribution in [3.05, 3.63) is 99.5 Å². The first-order valence-electron chi connectivity index (χ1n) is 8.98. The van der Waals surface area contributed by atoms with E-state index in [1.807, 2.05) is 31.2 Å². The SMILES string of the molecule is C=C(Cc1c(C)cccc1Cl)C1=C(Nc2ccc(C(=O)O)cc2F)CCC=C1. The van der Waals surface area contributed by atoms with E-state index in [-0.39, 0.29) is 11.3 Å². The molecule has 0 bridgehead atoms. The molecule has 3 rings (SSSR count). The number of hydrogen-bond acceptors (Lipinski definition) is 2. The number of nitrogens with one attached hydrogen (secondary N) is 1. The van der Waals surface area contributed by atoms with Gasteiger partial charge in [0.1, 0.15) is 5.82 Å². The molecule has 0 unspecified atom stereocenters. The molecule has 2 aromatic rings. The Labute approximate surface area is 168 Å². The second-order valence-electron chi connectivity index (χ2n) is 6.77. The summed E-state index contributed by atoms with van der Waals surface area (Å²) < 4.78 is 14.3. The van der Waals surface area contributed by atoms with Crippen LogP contribution in [-0.4, -0.2) is 11.1 Å². The van der Waals surface area contributed by atoms with E-state index >= 15 is 0 Å². The number of aryl methyl sites for hydroxylation is 1.